The number of thiophene rings is 1. The molecular weight excluding hydrogens is 383 g/mol. The maximum atomic E-state index is 13.1. The van der Waals surface area contributed by atoms with Crippen LogP contribution in [0, 0.1) is 25.8 Å². The molecular formula is C13H6F2INOS. The summed E-state index contributed by atoms with van der Waals surface area (Å²) in [4.78, 5) is 12.1. The largest absolute Gasteiger partial charge is 0.292 e. The van der Waals surface area contributed by atoms with Gasteiger partial charge >= 0.3 is 0 Å². The van der Waals surface area contributed by atoms with Gasteiger partial charge in [-0.3, -0.25) is 4.79 Å². The number of carbonyl (C=O) groups is 1. The first-order chi connectivity index (χ1) is 9.01. The van der Waals surface area contributed by atoms with Crippen LogP contribution in [0.25, 0.3) is 0 Å². The molecule has 0 saturated carbocycles. The van der Waals surface area contributed by atoms with E-state index in [2.05, 4.69) is 22.6 Å². The Morgan fingerprint density at radius 1 is 1.26 bits per heavy atom. The number of ketones is 1. The molecule has 19 heavy (non-hydrogen) atoms. The Kier molecular flexibility index (Phi) is 4.27. The van der Waals surface area contributed by atoms with E-state index in [1.165, 1.54) is 11.3 Å². The zero-order valence-corrected chi connectivity index (χ0v) is 12.3. The summed E-state index contributed by atoms with van der Waals surface area (Å²) >= 11 is 3.43. The number of halogens is 3. The number of Topliss-reactive ketones (excluding diaryl/α,β-unsaturated/α-hetero) is 1. The van der Waals surface area contributed by atoms with Gasteiger partial charge in [0.2, 0.25) is 0 Å². The monoisotopic (exact) mass is 389 g/mol. The van der Waals surface area contributed by atoms with Crippen LogP contribution >= 0.6 is 33.9 Å². The van der Waals surface area contributed by atoms with Gasteiger partial charge in [0.15, 0.2) is 5.78 Å². The minimum Gasteiger partial charge on any atom is -0.292 e. The van der Waals surface area contributed by atoms with Crippen LogP contribution in [-0.4, -0.2) is 5.78 Å². The Labute approximate surface area is 125 Å². The highest BCUT2D eigenvalue weighted by molar-refractivity contribution is 14.1. The lowest BCUT2D eigenvalue weighted by molar-refractivity contribution is 0.0979. The molecule has 96 valence electrons. The Balaban J connectivity index is 2.40. The van der Waals surface area contributed by atoms with Gasteiger partial charge in [0.25, 0.3) is 0 Å². The van der Waals surface area contributed by atoms with E-state index in [1.807, 2.05) is 0 Å². The van der Waals surface area contributed by atoms with Gasteiger partial charge in [-0.2, -0.15) is 5.26 Å². The molecule has 1 aromatic carbocycles. The molecule has 0 fully saturated rings. The fourth-order valence-electron chi connectivity index (χ4n) is 1.63. The highest BCUT2D eigenvalue weighted by Gasteiger charge is 2.23. The second-order valence-electron chi connectivity index (χ2n) is 3.77. The van der Waals surface area contributed by atoms with Gasteiger partial charge in [-0.25, -0.2) is 8.78 Å². The summed E-state index contributed by atoms with van der Waals surface area (Å²) in [5, 5.41) is 10.7. The maximum absolute atomic E-state index is 13.1. The quantitative estimate of drug-likeness (QED) is 0.586. The van der Waals surface area contributed by atoms with E-state index < -0.39 is 23.3 Å². The summed E-state index contributed by atoms with van der Waals surface area (Å²) in [7, 11) is 0. The molecule has 0 aliphatic heterocycles. The lowest BCUT2D eigenvalue weighted by atomic mass is 9.93. The molecule has 1 aromatic heterocycles. The lowest BCUT2D eigenvalue weighted by Gasteiger charge is -2.07. The first-order valence-corrected chi connectivity index (χ1v) is 7.11. The van der Waals surface area contributed by atoms with Crippen molar-refractivity contribution in [3.63, 3.8) is 0 Å². The fraction of sp³-hybridized carbons (Fsp3) is 0.0769. The van der Waals surface area contributed by atoms with E-state index in [0.29, 0.717) is 11.6 Å². The van der Waals surface area contributed by atoms with Crippen molar-refractivity contribution in [3.05, 3.63) is 55.3 Å². The van der Waals surface area contributed by atoms with Gasteiger partial charge in [0, 0.05) is 17.0 Å². The van der Waals surface area contributed by atoms with Crippen molar-refractivity contribution in [3.8, 4) is 6.07 Å². The lowest BCUT2D eigenvalue weighted by Crippen LogP contribution is -2.11. The van der Waals surface area contributed by atoms with Crippen LogP contribution < -0.4 is 0 Å². The van der Waals surface area contributed by atoms with Crippen LogP contribution in [0.1, 0.15) is 21.8 Å². The number of hydrogen-bond donors (Lipinski definition) is 0. The van der Waals surface area contributed by atoms with Gasteiger partial charge < -0.3 is 0 Å². The molecule has 0 radical (unpaired) electrons. The molecule has 0 aliphatic carbocycles. The summed E-state index contributed by atoms with van der Waals surface area (Å²) in [6.07, 6.45) is 0. The third-order valence-corrected chi connectivity index (χ3v) is 4.25. The number of benzene rings is 1. The van der Waals surface area contributed by atoms with Crippen molar-refractivity contribution in [2.24, 2.45) is 0 Å². The van der Waals surface area contributed by atoms with Gasteiger partial charge in [0.1, 0.15) is 17.6 Å². The summed E-state index contributed by atoms with van der Waals surface area (Å²) in [5.74, 6) is -3.26. The third-order valence-electron chi connectivity index (χ3n) is 2.46. The van der Waals surface area contributed by atoms with Crippen molar-refractivity contribution in [1.29, 1.82) is 5.26 Å². The average Bonchev–Trinajstić information content (AvgIpc) is 2.75. The van der Waals surface area contributed by atoms with Crippen molar-refractivity contribution in [1.82, 2.24) is 0 Å². The molecule has 0 N–H and O–H groups in total. The molecule has 1 atom stereocenters. The summed E-state index contributed by atoms with van der Waals surface area (Å²) in [5.41, 5.74) is 0.414. The fourth-order valence-corrected chi connectivity index (χ4v) is 2.97. The molecule has 2 nitrogen and oxygen atoms in total. The number of hydrogen-bond acceptors (Lipinski definition) is 3. The molecule has 1 heterocycles. The van der Waals surface area contributed by atoms with Crippen LogP contribution in [0.4, 0.5) is 8.78 Å². The molecule has 1 unspecified atom stereocenters. The second kappa shape index (κ2) is 5.75. The normalized spacial score (nSPS) is 11.9. The van der Waals surface area contributed by atoms with E-state index in [1.54, 1.807) is 17.5 Å². The van der Waals surface area contributed by atoms with E-state index in [4.69, 9.17) is 5.26 Å². The molecule has 6 heteroatoms. The first kappa shape index (κ1) is 14.1. The van der Waals surface area contributed by atoms with Crippen LogP contribution in [-0.2, 0) is 0 Å². The van der Waals surface area contributed by atoms with Gasteiger partial charge in [-0.05, 0) is 46.4 Å². The van der Waals surface area contributed by atoms with Crippen LogP contribution in [0.5, 0.6) is 0 Å². The number of carbonyl (C=O) groups excluding carboxylic acids is 1. The molecule has 0 aliphatic rings. The van der Waals surface area contributed by atoms with E-state index in [9.17, 15) is 13.6 Å². The van der Waals surface area contributed by atoms with Crippen LogP contribution in [0.3, 0.4) is 0 Å². The van der Waals surface area contributed by atoms with Crippen LogP contribution in [0.2, 0.25) is 0 Å². The highest BCUT2D eigenvalue weighted by atomic mass is 127. The SMILES string of the molecule is N#CC(C(=O)c1csc(I)c1)c1cc(F)cc(F)c1. The van der Waals surface area contributed by atoms with E-state index in [0.717, 1.165) is 15.0 Å². The third kappa shape index (κ3) is 3.16. The Morgan fingerprint density at radius 3 is 2.37 bits per heavy atom. The molecule has 0 bridgehead atoms. The minimum atomic E-state index is -1.20. The first-order valence-electron chi connectivity index (χ1n) is 5.15. The topological polar surface area (TPSA) is 40.9 Å². The Bertz CT molecular complexity index is 657. The standard InChI is InChI=1S/C13H6F2INOS/c14-9-1-7(2-10(15)4-9)11(5-17)13(18)8-3-12(16)19-6-8/h1-4,6,11H. The molecule has 0 spiro atoms. The van der Waals surface area contributed by atoms with E-state index in [-0.39, 0.29) is 5.56 Å². The van der Waals surface area contributed by atoms with Crippen LogP contribution in [0.15, 0.2) is 29.6 Å². The Hall–Kier alpha value is -1.33. The van der Waals surface area contributed by atoms with E-state index >= 15 is 0 Å². The summed E-state index contributed by atoms with van der Waals surface area (Å²) in [6.45, 7) is 0. The number of nitrogens with zero attached hydrogens (tertiary/aromatic N) is 1. The van der Waals surface area contributed by atoms with Gasteiger partial charge in [-0.1, -0.05) is 0 Å². The predicted molar refractivity (Wildman–Crippen MR) is 76.1 cm³/mol. The van der Waals surface area contributed by atoms with Gasteiger partial charge in [-0.15, -0.1) is 11.3 Å². The molecule has 2 rings (SSSR count). The molecule has 0 saturated heterocycles. The Morgan fingerprint density at radius 2 is 1.89 bits per heavy atom. The second-order valence-corrected chi connectivity index (χ2v) is 6.57. The summed E-state index contributed by atoms with van der Waals surface area (Å²) in [6, 6.07) is 6.16. The zero-order valence-electron chi connectivity index (χ0n) is 9.36. The van der Waals surface area contributed by atoms with Crippen molar-refractivity contribution >= 4 is 39.7 Å². The molecule has 2 aromatic rings. The summed E-state index contributed by atoms with van der Waals surface area (Å²) < 4.78 is 27.2. The highest BCUT2D eigenvalue weighted by Crippen LogP contribution is 2.25. The molecule has 0 amide bonds. The average molecular weight is 389 g/mol. The minimum absolute atomic E-state index is 0.0335. The predicted octanol–water partition coefficient (Wildman–Crippen LogP) is 4.12. The maximum Gasteiger partial charge on any atom is 0.185 e. The number of nitriles is 1. The smallest absolute Gasteiger partial charge is 0.185 e. The van der Waals surface area contributed by atoms with Gasteiger partial charge in [0.05, 0.1) is 8.95 Å². The van der Waals surface area contributed by atoms with Crippen molar-refractivity contribution in [2.45, 2.75) is 5.92 Å². The van der Waals surface area contributed by atoms with Crippen molar-refractivity contribution < 1.29 is 13.6 Å². The number of rotatable bonds is 3. The van der Waals surface area contributed by atoms with Crippen molar-refractivity contribution in [2.75, 3.05) is 0 Å². The zero-order chi connectivity index (χ0) is 14.0.